The largest absolute Gasteiger partial charge is 0.384 e. The fourth-order valence-electron chi connectivity index (χ4n) is 2.65. The summed E-state index contributed by atoms with van der Waals surface area (Å²) in [5, 5.41) is 12.4. The van der Waals surface area contributed by atoms with E-state index in [1.54, 1.807) is 23.8 Å². The van der Waals surface area contributed by atoms with Crippen molar-refractivity contribution in [2.75, 3.05) is 13.7 Å². The van der Waals surface area contributed by atoms with E-state index in [1.807, 2.05) is 13.0 Å². The second-order valence-electron chi connectivity index (χ2n) is 5.50. The fourth-order valence-corrected chi connectivity index (χ4v) is 2.65. The van der Waals surface area contributed by atoms with Gasteiger partial charge < -0.3 is 10.5 Å². The van der Waals surface area contributed by atoms with Crippen molar-refractivity contribution in [3.63, 3.8) is 0 Å². The highest BCUT2D eigenvalue weighted by molar-refractivity contribution is 6.06. The van der Waals surface area contributed by atoms with E-state index in [9.17, 15) is 4.39 Å². The summed E-state index contributed by atoms with van der Waals surface area (Å²) in [5.41, 5.74) is 9.18. The van der Waals surface area contributed by atoms with Crippen molar-refractivity contribution >= 4 is 11.5 Å². The molecule has 0 fully saturated rings. The molecule has 3 N–H and O–H groups in total. The molecule has 0 bridgehead atoms. The Morgan fingerprint density at radius 1 is 1.33 bits per heavy atom. The van der Waals surface area contributed by atoms with Crippen LogP contribution in [0.1, 0.15) is 17.1 Å². The molecule has 1 aromatic carbocycles. The van der Waals surface area contributed by atoms with Gasteiger partial charge in [-0.3, -0.25) is 5.41 Å². The SMILES string of the molecule is COCCc1nc2c(C(=N)N)c(-c3ccc(F)cc3)cc(C)n2n1. The molecule has 24 heavy (non-hydrogen) atoms. The maximum Gasteiger partial charge on any atom is 0.167 e. The maximum atomic E-state index is 13.2. The van der Waals surface area contributed by atoms with Gasteiger partial charge in [-0.2, -0.15) is 5.10 Å². The molecule has 7 heteroatoms. The van der Waals surface area contributed by atoms with Crippen molar-refractivity contribution in [3.05, 3.63) is 53.2 Å². The number of aromatic nitrogens is 3. The monoisotopic (exact) mass is 327 g/mol. The fraction of sp³-hybridized carbons (Fsp3) is 0.235. The third-order valence-corrected chi connectivity index (χ3v) is 3.79. The summed E-state index contributed by atoms with van der Waals surface area (Å²) < 4.78 is 19.9. The Hall–Kier alpha value is -2.80. The van der Waals surface area contributed by atoms with Gasteiger partial charge in [0.2, 0.25) is 0 Å². The Kier molecular flexibility index (Phi) is 4.26. The summed E-state index contributed by atoms with van der Waals surface area (Å²) in [5.74, 6) is 0.203. The Morgan fingerprint density at radius 2 is 2.04 bits per heavy atom. The smallest absolute Gasteiger partial charge is 0.167 e. The zero-order valence-electron chi connectivity index (χ0n) is 13.5. The van der Waals surface area contributed by atoms with Crippen LogP contribution in [0, 0.1) is 18.2 Å². The van der Waals surface area contributed by atoms with E-state index in [0.29, 0.717) is 30.1 Å². The lowest BCUT2D eigenvalue weighted by molar-refractivity contribution is 0.200. The highest BCUT2D eigenvalue weighted by Gasteiger charge is 2.18. The Balaban J connectivity index is 2.24. The van der Waals surface area contributed by atoms with Crippen molar-refractivity contribution in [2.24, 2.45) is 5.73 Å². The van der Waals surface area contributed by atoms with E-state index in [-0.39, 0.29) is 11.7 Å². The average Bonchev–Trinajstić information content (AvgIpc) is 2.97. The second kappa shape index (κ2) is 6.37. The van der Waals surface area contributed by atoms with Gasteiger partial charge in [-0.25, -0.2) is 13.9 Å². The number of hydrogen-bond donors (Lipinski definition) is 2. The molecule has 0 atom stereocenters. The number of methoxy groups -OCH3 is 1. The molecule has 0 aliphatic rings. The first-order valence-electron chi connectivity index (χ1n) is 7.49. The molecular formula is C17H18FN5O. The van der Waals surface area contributed by atoms with E-state index in [1.165, 1.54) is 12.1 Å². The molecule has 3 aromatic rings. The maximum absolute atomic E-state index is 13.2. The van der Waals surface area contributed by atoms with Crippen LogP contribution in [0.2, 0.25) is 0 Å². The number of amidine groups is 1. The van der Waals surface area contributed by atoms with Crippen LogP contribution in [0.15, 0.2) is 30.3 Å². The zero-order valence-corrected chi connectivity index (χ0v) is 13.5. The molecule has 0 amide bonds. The van der Waals surface area contributed by atoms with E-state index >= 15 is 0 Å². The molecule has 0 saturated heterocycles. The summed E-state index contributed by atoms with van der Waals surface area (Å²) >= 11 is 0. The number of ether oxygens (including phenoxy) is 1. The highest BCUT2D eigenvalue weighted by Crippen LogP contribution is 2.28. The van der Waals surface area contributed by atoms with E-state index < -0.39 is 0 Å². The number of aryl methyl sites for hydroxylation is 1. The van der Waals surface area contributed by atoms with Gasteiger partial charge >= 0.3 is 0 Å². The van der Waals surface area contributed by atoms with Gasteiger partial charge in [0.25, 0.3) is 0 Å². The lowest BCUT2D eigenvalue weighted by Crippen LogP contribution is -2.15. The first kappa shape index (κ1) is 16.1. The molecule has 6 nitrogen and oxygen atoms in total. The minimum Gasteiger partial charge on any atom is -0.384 e. The van der Waals surface area contributed by atoms with Crippen LogP contribution in [-0.2, 0) is 11.2 Å². The lowest BCUT2D eigenvalue weighted by atomic mass is 9.99. The van der Waals surface area contributed by atoms with Crippen LogP contribution in [0.3, 0.4) is 0 Å². The van der Waals surface area contributed by atoms with Crippen molar-refractivity contribution in [1.29, 1.82) is 5.41 Å². The summed E-state index contributed by atoms with van der Waals surface area (Å²) in [6.07, 6.45) is 0.570. The Morgan fingerprint density at radius 3 is 2.67 bits per heavy atom. The quantitative estimate of drug-likeness (QED) is 0.556. The minimum absolute atomic E-state index is 0.106. The molecule has 0 spiro atoms. The van der Waals surface area contributed by atoms with Crippen LogP contribution in [0.25, 0.3) is 16.8 Å². The molecule has 2 heterocycles. The van der Waals surface area contributed by atoms with E-state index in [4.69, 9.17) is 15.9 Å². The van der Waals surface area contributed by atoms with Gasteiger partial charge in [0.15, 0.2) is 11.5 Å². The number of hydrogen-bond acceptors (Lipinski definition) is 4. The number of fused-ring (bicyclic) bond motifs is 1. The van der Waals surface area contributed by atoms with Crippen molar-refractivity contribution in [3.8, 4) is 11.1 Å². The summed E-state index contributed by atoms with van der Waals surface area (Å²) in [7, 11) is 1.62. The molecule has 0 aliphatic carbocycles. The van der Waals surface area contributed by atoms with Gasteiger partial charge in [-0.1, -0.05) is 12.1 Å². The van der Waals surface area contributed by atoms with Gasteiger partial charge in [0, 0.05) is 19.2 Å². The van der Waals surface area contributed by atoms with Crippen LogP contribution in [-0.4, -0.2) is 34.2 Å². The molecule has 2 aromatic heterocycles. The van der Waals surface area contributed by atoms with Crippen molar-refractivity contribution < 1.29 is 9.13 Å². The first-order chi connectivity index (χ1) is 11.5. The van der Waals surface area contributed by atoms with E-state index in [0.717, 1.165) is 16.8 Å². The Labute approximate surface area is 138 Å². The van der Waals surface area contributed by atoms with Gasteiger partial charge in [0.05, 0.1) is 12.2 Å². The number of nitrogens with one attached hydrogen (secondary N) is 1. The Bertz CT molecular complexity index is 901. The molecule has 124 valence electrons. The van der Waals surface area contributed by atoms with Crippen LogP contribution in [0.5, 0.6) is 0 Å². The molecule has 0 radical (unpaired) electrons. The lowest BCUT2D eigenvalue weighted by Gasteiger charge is -2.11. The normalized spacial score (nSPS) is 11.1. The number of rotatable bonds is 5. The third kappa shape index (κ3) is 2.85. The third-order valence-electron chi connectivity index (χ3n) is 3.79. The number of halogens is 1. The molecule has 0 saturated carbocycles. The number of nitrogen functional groups attached to an aromatic ring is 1. The summed E-state index contributed by atoms with van der Waals surface area (Å²) in [6, 6.07) is 7.97. The average molecular weight is 327 g/mol. The van der Waals surface area contributed by atoms with Crippen LogP contribution in [0.4, 0.5) is 4.39 Å². The zero-order chi connectivity index (χ0) is 17.3. The van der Waals surface area contributed by atoms with E-state index in [2.05, 4.69) is 10.1 Å². The minimum atomic E-state index is -0.315. The highest BCUT2D eigenvalue weighted by atomic mass is 19.1. The van der Waals surface area contributed by atoms with Gasteiger partial charge in [-0.15, -0.1) is 0 Å². The number of benzene rings is 1. The van der Waals surface area contributed by atoms with Gasteiger partial charge in [0.1, 0.15) is 11.7 Å². The molecular weight excluding hydrogens is 309 g/mol. The molecule has 0 unspecified atom stereocenters. The standard InChI is InChI=1S/C17H18FN5O/c1-10-9-13(11-3-5-12(18)6-4-11)15(16(19)20)17-21-14(7-8-24-2)22-23(10)17/h3-6,9H,7-8H2,1-2H3,(H3,19,20). The topological polar surface area (TPSA) is 89.3 Å². The summed E-state index contributed by atoms with van der Waals surface area (Å²) in [6.45, 7) is 2.41. The second-order valence-corrected chi connectivity index (χ2v) is 5.50. The van der Waals surface area contributed by atoms with Gasteiger partial charge in [-0.05, 0) is 36.2 Å². The number of nitrogens with two attached hydrogens (primary N) is 1. The first-order valence-corrected chi connectivity index (χ1v) is 7.49. The van der Waals surface area contributed by atoms with Crippen LogP contribution < -0.4 is 5.73 Å². The van der Waals surface area contributed by atoms with Crippen molar-refractivity contribution in [2.45, 2.75) is 13.3 Å². The molecule has 3 rings (SSSR count). The van der Waals surface area contributed by atoms with Crippen molar-refractivity contribution in [1.82, 2.24) is 14.6 Å². The predicted molar refractivity (Wildman–Crippen MR) is 89.7 cm³/mol. The number of pyridine rings is 1. The van der Waals surface area contributed by atoms with Crippen LogP contribution >= 0.6 is 0 Å². The summed E-state index contributed by atoms with van der Waals surface area (Å²) in [4.78, 5) is 4.51. The predicted octanol–water partition coefficient (Wildman–Crippen LogP) is 2.32. The number of nitrogens with zero attached hydrogens (tertiary/aromatic N) is 3. The molecule has 0 aliphatic heterocycles.